The van der Waals surface area contributed by atoms with Crippen molar-refractivity contribution in [3.8, 4) is 5.75 Å². The third-order valence-electron chi connectivity index (χ3n) is 4.55. The first-order chi connectivity index (χ1) is 13.1. The van der Waals surface area contributed by atoms with E-state index in [1.807, 2.05) is 47.8 Å². The smallest absolute Gasteiger partial charge is 0.191 e. The number of nitrogens with zero attached hydrogens (tertiary/aromatic N) is 3. The van der Waals surface area contributed by atoms with Gasteiger partial charge in [0.25, 0.3) is 0 Å². The maximum Gasteiger partial charge on any atom is 0.191 e. The summed E-state index contributed by atoms with van der Waals surface area (Å²) in [6.07, 6.45) is 5.03. The number of carbonyl (C=O) groups excluding carboxylic acids is 1. The Morgan fingerprint density at radius 3 is 2.70 bits per heavy atom. The number of fused-ring (bicyclic) bond motifs is 3. The number of benzene rings is 2. The molecule has 0 atom stereocenters. The minimum Gasteiger partial charge on any atom is -0.508 e. The molecule has 0 spiro atoms. The van der Waals surface area contributed by atoms with Crippen molar-refractivity contribution in [2.75, 3.05) is 0 Å². The number of aromatic hydroxyl groups is 1. The number of allylic oxidation sites excluding steroid dienone is 2. The van der Waals surface area contributed by atoms with Crippen molar-refractivity contribution < 1.29 is 9.90 Å². The van der Waals surface area contributed by atoms with Gasteiger partial charge in [0.1, 0.15) is 11.4 Å². The molecule has 4 rings (SSSR count). The number of carbonyl (C=O) groups is 1. The van der Waals surface area contributed by atoms with E-state index in [4.69, 9.17) is 0 Å². The molecule has 0 saturated carbocycles. The summed E-state index contributed by atoms with van der Waals surface area (Å²) < 4.78 is 3.88. The normalized spacial score (nSPS) is 11.6. The van der Waals surface area contributed by atoms with Gasteiger partial charge in [0.2, 0.25) is 0 Å². The molecule has 2 heterocycles. The fourth-order valence-electron chi connectivity index (χ4n) is 3.40. The van der Waals surface area contributed by atoms with Crippen molar-refractivity contribution in [2.45, 2.75) is 13.5 Å². The highest BCUT2D eigenvalue weighted by Crippen LogP contribution is 2.26. The first kappa shape index (κ1) is 16.8. The third-order valence-corrected chi connectivity index (χ3v) is 4.55. The Kier molecular flexibility index (Phi) is 4.12. The van der Waals surface area contributed by atoms with E-state index < -0.39 is 0 Å². The van der Waals surface area contributed by atoms with Gasteiger partial charge in [-0.25, -0.2) is 4.52 Å². The first-order valence-corrected chi connectivity index (χ1v) is 8.69. The summed E-state index contributed by atoms with van der Waals surface area (Å²) in [5.41, 5.74) is 4.73. The highest BCUT2D eigenvalue weighted by atomic mass is 16.3. The average Bonchev–Trinajstić information content (AvgIpc) is 3.14. The van der Waals surface area contributed by atoms with Gasteiger partial charge >= 0.3 is 0 Å². The van der Waals surface area contributed by atoms with Gasteiger partial charge in [-0.15, -0.1) is 6.58 Å². The van der Waals surface area contributed by atoms with Crippen LogP contribution in [0.25, 0.3) is 22.8 Å². The Labute approximate surface area is 156 Å². The second-order valence-corrected chi connectivity index (χ2v) is 6.38. The monoisotopic (exact) mass is 357 g/mol. The topological polar surface area (TPSA) is 59.5 Å². The zero-order valence-electron chi connectivity index (χ0n) is 15.0. The SMILES string of the molecule is C=CCn1c2ccccc2n2nc(C)c(C(=O)/C=C/c3cccc(O)c3)c12. The van der Waals surface area contributed by atoms with Gasteiger partial charge in [-0.3, -0.25) is 4.79 Å². The van der Waals surface area contributed by atoms with Crippen LogP contribution in [-0.2, 0) is 6.54 Å². The molecule has 27 heavy (non-hydrogen) atoms. The molecule has 5 heteroatoms. The summed E-state index contributed by atoms with van der Waals surface area (Å²) in [4.78, 5) is 13.0. The highest BCUT2D eigenvalue weighted by Gasteiger charge is 2.21. The number of aryl methyl sites for hydroxylation is 1. The van der Waals surface area contributed by atoms with E-state index in [9.17, 15) is 9.90 Å². The molecule has 0 saturated heterocycles. The number of rotatable bonds is 5. The van der Waals surface area contributed by atoms with E-state index in [0.717, 1.165) is 22.2 Å². The lowest BCUT2D eigenvalue weighted by Gasteiger charge is -2.03. The van der Waals surface area contributed by atoms with Gasteiger partial charge in [-0.05, 0) is 42.8 Å². The van der Waals surface area contributed by atoms with Crippen LogP contribution in [0.3, 0.4) is 0 Å². The van der Waals surface area contributed by atoms with Crippen molar-refractivity contribution in [3.05, 3.63) is 84.1 Å². The van der Waals surface area contributed by atoms with Gasteiger partial charge in [0.05, 0.1) is 22.3 Å². The number of ketones is 1. The highest BCUT2D eigenvalue weighted by molar-refractivity contribution is 6.12. The third kappa shape index (κ3) is 2.83. The summed E-state index contributed by atoms with van der Waals surface area (Å²) >= 11 is 0. The molecule has 5 nitrogen and oxygen atoms in total. The fourth-order valence-corrected chi connectivity index (χ4v) is 3.40. The molecule has 0 radical (unpaired) electrons. The van der Waals surface area contributed by atoms with E-state index >= 15 is 0 Å². The number of phenolic OH excluding ortho intramolecular Hbond substituents is 1. The Hall–Kier alpha value is -3.60. The quantitative estimate of drug-likeness (QED) is 0.327. The number of hydrogen-bond donors (Lipinski definition) is 1. The van der Waals surface area contributed by atoms with Crippen LogP contribution in [0.2, 0.25) is 0 Å². The minimum atomic E-state index is -0.126. The van der Waals surface area contributed by atoms with Gasteiger partial charge in [0, 0.05) is 6.54 Å². The van der Waals surface area contributed by atoms with E-state index in [1.165, 1.54) is 6.08 Å². The Morgan fingerprint density at radius 1 is 1.19 bits per heavy atom. The molecular weight excluding hydrogens is 338 g/mol. The Morgan fingerprint density at radius 2 is 1.96 bits per heavy atom. The van der Waals surface area contributed by atoms with Crippen LogP contribution in [0, 0.1) is 6.92 Å². The van der Waals surface area contributed by atoms with Gasteiger partial charge in [-0.1, -0.05) is 36.4 Å². The molecule has 0 unspecified atom stereocenters. The van der Waals surface area contributed by atoms with Gasteiger partial charge in [-0.2, -0.15) is 5.10 Å². The Balaban J connectivity index is 1.87. The molecule has 2 aromatic carbocycles. The maximum absolute atomic E-state index is 13.0. The van der Waals surface area contributed by atoms with Crippen LogP contribution >= 0.6 is 0 Å². The first-order valence-electron chi connectivity index (χ1n) is 8.69. The lowest BCUT2D eigenvalue weighted by Crippen LogP contribution is -2.02. The minimum absolute atomic E-state index is 0.126. The number of imidazole rings is 1. The standard InChI is InChI=1S/C22H19N3O2/c1-3-13-24-18-9-4-5-10-19(18)25-22(24)21(15(2)23-25)20(27)12-11-16-7-6-8-17(26)14-16/h3-12,14,26H,1,13H2,2H3/b12-11+. The van der Waals surface area contributed by atoms with E-state index in [0.29, 0.717) is 17.8 Å². The number of para-hydroxylation sites is 2. The molecule has 0 aliphatic carbocycles. The predicted molar refractivity (Wildman–Crippen MR) is 107 cm³/mol. The molecule has 0 bridgehead atoms. The molecule has 134 valence electrons. The summed E-state index contributed by atoms with van der Waals surface area (Å²) in [5, 5.41) is 14.2. The van der Waals surface area contributed by atoms with Crippen LogP contribution in [0.1, 0.15) is 21.6 Å². The van der Waals surface area contributed by atoms with Gasteiger partial charge in [0.15, 0.2) is 5.78 Å². The maximum atomic E-state index is 13.0. The second kappa shape index (κ2) is 6.61. The summed E-state index contributed by atoms with van der Waals surface area (Å²) in [6, 6.07) is 14.7. The van der Waals surface area contributed by atoms with E-state index in [-0.39, 0.29) is 11.5 Å². The number of aromatic nitrogens is 3. The molecule has 0 fully saturated rings. The molecule has 2 aromatic heterocycles. The summed E-state index contributed by atoms with van der Waals surface area (Å²) in [5.74, 6) is 0.0405. The largest absolute Gasteiger partial charge is 0.508 e. The molecular formula is C22H19N3O2. The predicted octanol–water partition coefficient (Wildman–Crippen LogP) is 4.39. The zero-order valence-corrected chi connectivity index (χ0v) is 15.0. The number of hydrogen-bond acceptors (Lipinski definition) is 3. The van der Waals surface area contributed by atoms with Crippen LogP contribution in [0.5, 0.6) is 5.75 Å². The van der Waals surface area contributed by atoms with Crippen molar-refractivity contribution >= 4 is 28.5 Å². The van der Waals surface area contributed by atoms with Crippen molar-refractivity contribution in [2.24, 2.45) is 0 Å². The fraction of sp³-hybridized carbons (Fsp3) is 0.0909. The number of phenols is 1. The second-order valence-electron chi connectivity index (χ2n) is 6.38. The van der Waals surface area contributed by atoms with Crippen LogP contribution in [0.15, 0.2) is 67.3 Å². The molecule has 0 amide bonds. The van der Waals surface area contributed by atoms with Crippen LogP contribution in [0.4, 0.5) is 0 Å². The lowest BCUT2D eigenvalue weighted by atomic mass is 10.1. The average molecular weight is 357 g/mol. The molecule has 1 N–H and O–H groups in total. The van der Waals surface area contributed by atoms with Crippen molar-refractivity contribution in [1.29, 1.82) is 0 Å². The summed E-state index contributed by atoms with van der Waals surface area (Å²) in [7, 11) is 0. The van der Waals surface area contributed by atoms with Crippen LogP contribution in [-0.4, -0.2) is 25.1 Å². The molecule has 4 aromatic rings. The lowest BCUT2D eigenvalue weighted by molar-refractivity contribution is 0.104. The Bertz CT molecular complexity index is 1210. The van der Waals surface area contributed by atoms with Crippen LogP contribution < -0.4 is 0 Å². The van der Waals surface area contributed by atoms with Crippen molar-refractivity contribution in [3.63, 3.8) is 0 Å². The zero-order chi connectivity index (χ0) is 19.0. The van der Waals surface area contributed by atoms with Crippen molar-refractivity contribution in [1.82, 2.24) is 14.2 Å². The van der Waals surface area contributed by atoms with E-state index in [1.54, 1.807) is 24.3 Å². The van der Waals surface area contributed by atoms with E-state index in [2.05, 4.69) is 16.2 Å². The van der Waals surface area contributed by atoms with Gasteiger partial charge < -0.3 is 9.67 Å². The molecule has 0 aliphatic heterocycles. The summed E-state index contributed by atoms with van der Waals surface area (Å²) in [6.45, 7) is 6.27. The molecule has 0 aliphatic rings.